The van der Waals surface area contributed by atoms with Gasteiger partial charge in [0.05, 0.1) is 10.6 Å². The molecule has 0 aliphatic heterocycles. The lowest BCUT2D eigenvalue weighted by Gasteiger charge is -2.00. The van der Waals surface area contributed by atoms with Crippen molar-refractivity contribution in [2.75, 3.05) is 0 Å². The first kappa shape index (κ1) is 7.88. The normalized spacial score (nSPS) is 9.55. The quantitative estimate of drug-likeness (QED) is 0.666. The summed E-state index contributed by atoms with van der Waals surface area (Å²) in [5.41, 5.74) is 4.90. The highest BCUT2D eigenvalue weighted by Gasteiger charge is 2.10. The Kier molecular flexibility index (Phi) is 2.01. The van der Waals surface area contributed by atoms with E-state index in [0.29, 0.717) is 0 Å². The fourth-order valence-electron chi connectivity index (χ4n) is 0.757. The lowest BCUT2D eigenvalue weighted by atomic mass is 10.2. The summed E-state index contributed by atoms with van der Waals surface area (Å²) in [6, 6.07) is 4.37. The number of hydrogen-bond acceptors (Lipinski definition) is 2. The molecule has 0 fully saturated rings. The Bertz CT molecular complexity index is 278. The monoisotopic (exact) mass is 171 g/mol. The molecule has 11 heavy (non-hydrogen) atoms. The molecule has 0 unspecified atom stereocenters. The van der Waals surface area contributed by atoms with Crippen molar-refractivity contribution in [1.82, 2.24) is 0 Å². The van der Waals surface area contributed by atoms with Crippen LogP contribution in [0.25, 0.3) is 0 Å². The molecule has 0 spiro atoms. The Balaban J connectivity index is 3.32. The van der Waals surface area contributed by atoms with Crippen LogP contribution in [0.15, 0.2) is 18.2 Å². The second kappa shape index (κ2) is 2.80. The number of benzene rings is 1. The molecule has 1 rings (SSSR count). The minimum Gasteiger partial charge on any atom is -0.507 e. The molecule has 1 amide bonds. The molecule has 0 bridgehead atoms. The first-order valence-corrected chi connectivity index (χ1v) is 3.28. The highest BCUT2D eigenvalue weighted by molar-refractivity contribution is 6.34. The van der Waals surface area contributed by atoms with Gasteiger partial charge >= 0.3 is 0 Å². The molecule has 0 aliphatic rings. The van der Waals surface area contributed by atoms with Gasteiger partial charge in [0, 0.05) is 0 Å². The van der Waals surface area contributed by atoms with Crippen LogP contribution in [-0.4, -0.2) is 11.0 Å². The van der Waals surface area contributed by atoms with Gasteiger partial charge in [0.15, 0.2) is 0 Å². The number of carbonyl (C=O) groups excluding carboxylic acids is 1. The zero-order chi connectivity index (χ0) is 8.43. The lowest BCUT2D eigenvalue weighted by Crippen LogP contribution is -2.11. The average molecular weight is 172 g/mol. The van der Waals surface area contributed by atoms with Crippen LogP contribution in [0.3, 0.4) is 0 Å². The van der Waals surface area contributed by atoms with Crippen molar-refractivity contribution in [3.63, 3.8) is 0 Å². The summed E-state index contributed by atoms with van der Waals surface area (Å²) in [6.45, 7) is 0. The van der Waals surface area contributed by atoms with Crippen LogP contribution in [0.2, 0.25) is 5.02 Å². The molecule has 3 N–H and O–H groups in total. The summed E-state index contributed by atoms with van der Waals surface area (Å²) < 4.78 is 0. The number of rotatable bonds is 1. The number of aromatic hydroxyl groups is 1. The first-order valence-electron chi connectivity index (χ1n) is 2.90. The molecule has 0 heterocycles. The van der Waals surface area contributed by atoms with Gasteiger partial charge < -0.3 is 10.8 Å². The van der Waals surface area contributed by atoms with Crippen LogP contribution in [0.1, 0.15) is 10.4 Å². The van der Waals surface area contributed by atoms with Crippen molar-refractivity contribution in [3.8, 4) is 5.75 Å². The Morgan fingerprint density at radius 2 is 2.18 bits per heavy atom. The van der Waals surface area contributed by atoms with E-state index in [2.05, 4.69) is 0 Å². The molecule has 0 saturated heterocycles. The number of phenols is 1. The van der Waals surface area contributed by atoms with Gasteiger partial charge in [-0.1, -0.05) is 17.7 Å². The van der Waals surface area contributed by atoms with Gasteiger partial charge in [-0.25, -0.2) is 0 Å². The van der Waals surface area contributed by atoms with Crippen LogP contribution in [0.5, 0.6) is 5.75 Å². The van der Waals surface area contributed by atoms with Gasteiger partial charge in [-0.15, -0.1) is 0 Å². The summed E-state index contributed by atoms with van der Waals surface area (Å²) in [7, 11) is 0. The fourth-order valence-corrected chi connectivity index (χ4v) is 1.02. The summed E-state index contributed by atoms with van der Waals surface area (Å²) in [4.78, 5) is 10.6. The number of carbonyl (C=O) groups is 1. The minimum atomic E-state index is -0.729. The van der Waals surface area contributed by atoms with E-state index in [0.717, 1.165) is 0 Å². The molecule has 0 radical (unpaired) electrons. The molecular weight excluding hydrogens is 166 g/mol. The third kappa shape index (κ3) is 1.43. The predicted octanol–water partition coefficient (Wildman–Crippen LogP) is 1.14. The van der Waals surface area contributed by atoms with Gasteiger partial charge in [-0.3, -0.25) is 4.79 Å². The van der Waals surface area contributed by atoms with E-state index in [1.54, 1.807) is 0 Å². The molecule has 4 heteroatoms. The van der Waals surface area contributed by atoms with Crippen molar-refractivity contribution in [2.45, 2.75) is 0 Å². The van der Waals surface area contributed by atoms with E-state index >= 15 is 0 Å². The Morgan fingerprint density at radius 3 is 2.55 bits per heavy atom. The number of hydrogen-bond donors (Lipinski definition) is 2. The van der Waals surface area contributed by atoms with Crippen molar-refractivity contribution in [3.05, 3.63) is 28.8 Å². The highest BCUT2D eigenvalue weighted by Crippen LogP contribution is 2.23. The van der Waals surface area contributed by atoms with Gasteiger partial charge in [0.25, 0.3) is 5.91 Å². The van der Waals surface area contributed by atoms with Gasteiger partial charge in [-0.2, -0.15) is 0 Å². The molecule has 0 aliphatic carbocycles. The predicted molar refractivity (Wildman–Crippen MR) is 41.6 cm³/mol. The lowest BCUT2D eigenvalue weighted by molar-refractivity contribution is 0.0998. The third-order valence-corrected chi connectivity index (χ3v) is 1.55. The Hall–Kier alpha value is -1.22. The SMILES string of the molecule is NC(=O)c1c(O)cccc1Cl. The molecule has 1 aromatic carbocycles. The molecule has 0 atom stereocenters. The standard InChI is InChI=1S/C7H6ClNO2/c8-4-2-1-3-5(10)6(4)7(9)11/h1-3,10H,(H2,9,11). The minimum absolute atomic E-state index is 0.0332. The van der Waals surface area contributed by atoms with Crippen molar-refractivity contribution < 1.29 is 9.90 Å². The number of amides is 1. The van der Waals surface area contributed by atoms with Crippen molar-refractivity contribution in [1.29, 1.82) is 0 Å². The summed E-state index contributed by atoms with van der Waals surface area (Å²) in [6.07, 6.45) is 0. The topological polar surface area (TPSA) is 63.3 Å². The number of nitrogens with two attached hydrogens (primary N) is 1. The maximum Gasteiger partial charge on any atom is 0.253 e. The average Bonchev–Trinajstić information content (AvgIpc) is 1.85. The highest BCUT2D eigenvalue weighted by atomic mass is 35.5. The molecule has 0 aromatic heterocycles. The van der Waals surface area contributed by atoms with Crippen molar-refractivity contribution in [2.24, 2.45) is 5.73 Å². The van der Waals surface area contributed by atoms with Crippen LogP contribution in [-0.2, 0) is 0 Å². The zero-order valence-electron chi connectivity index (χ0n) is 5.54. The summed E-state index contributed by atoms with van der Waals surface area (Å²) >= 11 is 5.56. The smallest absolute Gasteiger partial charge is 0.253 e. The van der Waals surface area contributed by atoms with E-state index in [9.17, 15) is 4.79 Å². The summed E-state index contributed by atoms with van der Waals surface area (Å²) in [5.74, 6) is -0.918. The van der Waals surface area contributed by atoms with E-state index in [4.69, 9.17) is 22.4 Å². The molecular formula is C7H6ClNO2. The Morgan fingerprint density at radius 1 is 1.55 bits per heavy atom. The third-order valence-electron chi connectivity index (χ3n) is 1.24. The second-order valence-electron chi connectivity index (χ2n) is 2.00. The second-order valence-corrected chi connectivity index (χ2v) is 2.41. The van der Waals surface area contributed by atoms with Gasteiger partial charge in [0.2, 0.25) is 0 Å². The summed E-state index contributed by atoms with van der Waals surface area (Å²) in [5, 5.41) is 9.24. The van der Waals surface area contributed by atoms with Gasteiger partial charge in [-0.05, 0) is 12.1 Å². The van der Waals surface area contributed by atoms with Crippen LogP contribution in [0, 0.1) is 0 Å². The van der Waals surface area contributed by atoms with E-state index in [-0.39, 0.29) is 16.3 Å². The van der Waals surface area contributed by atoms with Crippen molar-refractivity contribution >= 4 is 17.5 Å². The van der Waals surface area contributed by atoms with Crippen LogP contribution >= 0.6 is 11.6 Å². The maximum atomic E-state index is 10.6. The maximum absolute atomic E-state index is 10.6. The van der Waals surface area contributed by atoms with E-state index < -0.39 is 5.91 Å². The van der Waals surface area contributed by atoms with Gasteiger partial charge in [0.1, 0.15) is 5.75 Å². The molecule has 3 nitrogen and oxygen atoms in total. The van der Waals surface area contributed by atoms with E-state index in [1.807, 2.05) is 0 Å². The number of primary amides is 1. The molecule has 58 valence electrons. The molecule has 0 saturated carbocycles. The zero-order valence-corrected chi connectivity index (χ0v) is 6.30. The first-order chi connectivity index (χ1) is 5.13. The van der Waals surface area contributed by atoms with Crippen LogP contribution in [0.4, 0.5) is 0 Å². The Labute approximate surface area is 68.4 Å². The largest absolute Gasteiger partial charge is 0.507 e. The number of halogens is 1. The van der Waals surface area contributed by atoms with E-state index in [1.165, 1.54) is 18.2 Å². The fraction of sp³-hybridized carbons (Fsp3) is 0. The van der Waals surface area contributed by atoms with Crippen LogP contribution < -0.4 is 5.73 Å². The molecule has 1 aromatic rings.